The molecule has 1 N–H and O–H groups in total. The highest BCUT2D eigenvalue weighted by molar-refractivity contribution is 5.82. The number of nitrogens with one attached hydrogen (secondary N) is 1. The van der Waals surface area contributed by atoms with E-state index >= 15 is 0 Å². The minimum absolute atomic E-state index is 0.0705. The molecular formula is C19H23N3O2. The van der Waals surface area contributed by atoms with E-state index in [1.807, 2.05) is 42.5 Å². The quantitative estimate of drug-likeness (QED) is 0.914. The molecule has 1 aliphatic rings. The fraction of sp³-hybridized carbons (Fsp3) is 0.368. The van der Waals surface area contributed by atoms with Crippen molar-refractivity contribution < 1.29 is 9.53 Å². The van der Waals surface area contributed by atoms with Crippen molar-refractivity contribution in [2.45, 2.75) is 19.1 Å². The summed E-state index contributed by atoms with van der Waals surface area (Å²) in [7, 11) is 0. The van der Waals surface area contributed by atoms with Crippen LogP contribution in [-0.4, -0.2) is 48.1 Å². The first-order valence-electron chi connectivity index (χ1n) is 8.37. The van der Waals surface area contributed by atoms with E-state index in [0.717, 1.165) is 24.2 Å². The summed E-state index contributed by atoms with van der Waals surface area (Å²) in [5, 5.41) is 3.15. The third kappa shape index (κ3) is 3.99. The highest BCUT2D eigenvalue weighted by Crippen LogP contribution is 2.22. The maximum atomic E-state index is 12.7. The van der Waals surface area contributed by atoms with Gasteiger partial charge in [-0.25, -0.2) is 0 Å². The van der Waals surface area contributed by atoms with Gasteiger partial charge in [0.05, 0.1) is 12.6 Å². The third-order valence-electron chi connectivity index (χ3n) is 4.35. The van der Waals surface area contributed by atoms with Crippen LogP contribution in [0.1, 0.15) is 24.1 Å². The summed E-state index contributed by atoms with van der Waals surface area (Å²) < 4.78 is 5.68. The molecule has 0 radical (unpaired) electrons. The molecule has 1 amide bonds. The number of rotatable bonds is 5. The van der Waals surface area contributed by atoms with E-state index < -0.39 is 6.10 Å². The molecule has 2 atom stereocenters. The molecule has 1 aromatic carbocycles. The Morgan fingerprint density at radius 3 is 2.67 bits per heavy atom. The van der Waals surface area contributed by atoms with Gasteiger partial charge < -0.3 is 10.1 Å². The van der Waals surface area contributed by atoms with Gasteiger partial charge in [0, 0.05) is 25.5 Å². The van der Waals surface area contributed by atoms with Crippen molar-refractivity contribution in [3.63, 3.8) is 0 Å². The number of carbonyl (C=O) groups excluding carboxylic acids is 1. The molecule has 1 fully saturated rings. The number of aromatic nitrogens is 1. The Kier molecular flexibility index (Phi) is 5.56. The average Bonchev–Trinajstić information content (AvgIpc) is 2.67. The van der Waals surface area contributed by atoms with Gasteiger partial charge >= 0.3 is 0 Å². The SMILES string of the molecule is CCN1CCOC(C(=O)NC(c2ccccc2)c2ccncc2)C1. The zero-order chi connectivity index (χ0) is 16.8. The molecule has 2 unspecified atom stereocenters. The van der Waals surface area contributed by atoms with Crippen molar-refractivity contribution in [1.29, 1.82) is 0 Å². The standard InChI is InChI=1S/C19H23N3O2/c1-2-22-12-13-24-17(14-22)19(23)21-18(15-6-4-3-5-7-15)16-8-10-20-11-9-16/h3-11,17-18H,2,12-14H2,1H3,(H,21,23). The zero-order valence-electron chi connectivity index (χ0n) is 13.9. The van der Waals surface area contributed by atoms with Crippen LogP contribution in [0.2, 0.25) is 0 Å². The van der Waals surface area contributed by atoms with Gasteiger partial charge in [-0.3, -0.25) is 14.7 Å². The van der Waals surface area contributed by atoms with Gasteiger partial charge in [0.15, 0.2) is 0 Å². The van der Waals surface area contributed by atoms with Crippen LogP contribution in [0.4, 0.5) is 0 Å². The molecule has 5 nitrogen and oxygen atoms in total. The van der Waals surface area contributed by atoms with Crippen molar-refractivity contribution in [2.75, 3.05) is 26.2 Å². The normalized spacial score (nSPS) is 19.6. The fourth-order valence-electron chi connectivity index (χ4n) is 2.94. The van der Waals surface area contributed by atoms with Crippen molar-refractivity contribution in [1.82, 2.24) is 15.2 Å². The van der Waals surface area contributed by atoms with Crippen LogP contribution in [0.5, 0.6) is 0 Å². The van der Waals surface area contributed by atoms with E-state index in [1.54, 1.807) is 12.4 Å². The molecule has 5 heteroatoms. The number of hydrogen-bond acceptors (Lipinski definition) is 4. The van der Waals surface area contributed by atoms with Crippen LogP contribution in [0.3, 0.4) is 0 Å². The van der Waals surface area contributed by atoms with Crippen LogP contribution in [0.15, 0.2) is 54.9 Å². The molecule has 0 spiro atoms. The van der Waals surface area contributed by atoms with E-state index in [1.165, 1.54) is 0 Å². The molecule has 3 rings (SSSR count). The Morgan fingerprint density at radius 2 is 1.96 bits per heavy atom. The van der Waals surface area contributed by atoms with Gasteiger partial charge in [0.25, 0.3) is 5.91 Å². The summed E-state index contributed by atoms with van der Waals surface area (Å²) >= 11 is 0. The number of benzene rings is 1. The molecule has 0 aliphatic carbocycles. The largest absolute Gasteiger partial charge is 0.366 e. The molecule has 0 saturated carbocycles. The average molecular weight is 325 g/mol. The molecule has 2 aromatic rings. The van der Waals surface area contributed by atoms with Gasteiger partial charge in [-0.15, -0.1) is 0 Å². The Morgan fingerprint density at radius 1 is 1.25 bits per heavy atom. The van der Waals surface area contributed by atoms with E-state index in [4.69, 9.17) is 4.74 Å². The van der Waals surface area contributed by atoms with E-state index in [-0.39, 0.29) is 11.9 Å². The first-order valence-corrected chi connectivity index (χ1v) is 8.37. The monoisotopic (exact) mass is 325 g/mol. The summed E-state index contributed by atoms with van der Waals surface area (Å²) in [5.41, 5.74) is 2.05. The number of amides is 1. The Labute approximate surface area is 142 Å². The van der Waals surface area contributed by atoms with Gasteiger partial charge in [0.1, 0.15) is 6.10 Å². The lowest BCUT2D eigenvalue weighted by atomic mass is 9.99. The minimum Gasteiger partial charge on any atom is -0.366 e. The van der Waals surface area contributed by atoms with E-state index in [0.29, 0.717) is 13.2 Å². The number of pyridine rings is 1. The second-order valence-corrected chi connectivity index (χ2v) is 5.89. The lowest BCUT2D eigenvalue weighted by Gasteiger charge is -2.32. The summed E-state index contributed by atoms with van der Waals surface area (Å²) in [6.07, 6.45) is 3.06. The Bertz CT molecular complexity index is 609. The predicted molar refractivity (Wildman–Crippen MR) is 92.5 cm³/mol. The van der Waals surface area contributed by atoms with E-state index in [2.05, 4.69) is 22.1 Å². The van der Waals surface area contributed by atoms with Crippen LogP contribution < -0.4 is 5.32 Å². The second kappa shape index (κ2) is 8.04. The third-order valence-corrected chi connectivity index (χ3v) is 4.35. The van der Waals surface area contributed by atoms with Crippen molar-refractivity contribution in [3.05, 3.63) is 66.0 Å². The number of likely N-dealkylation sites (N-methyl/N-ethyl adjacent to an activating group) is 1. The number of morpholine rings is 1. The van der Waals surface area contributed by atoms with Crippen molar-refractivity contribution >= 4 is 5.91 Å². The molecule has 0 bridgehead atoms. The van der Waals surface area contributed by atoms with Crippen LogP contribution in [0.25, 0.3) is 0 Å². The number of carbonyl (C=O) groups is 1. The van der Waals surface area contributed by atoms with E-state index in [9.17, 15) is 4.79 Å². The fourth-order valence-corrected chi connectivity index (χ4v) is 2.94. The molecule has 2 heterocycles. The molecular weight excluding hydrogens is 302 g/mol. The molecule has 24 heavy (non-hydrogen) atoms. The maximum absolute atomic E-state index is 12.7. The smallest absolute Gasteiger partial charge is 0.251 e. The van der Waals surface area contributed by atoms with Gasteiger partial charge in [-0.05, 0) is 29.8 Å². The van der Waals surface area contributed by atoms with Crippen LogP contribution >= 0.6 is 0 Å². The molecule has 1 aromatic heterocycles. The zero-order valence-corrected chi connectivity index (χ0v) is 13.9. The van der Waals surface area contributed by atoms with Crippen LogP contribution in [0, 0.1) is 0 Å². The minimum atomic E-state index is -0.424. The number of nitrogens with zero attached hydrogens (tertiary/aromatic N) is 2. The Balaban J connectivity index is 1.78. The lowest BCUT2D eigenvalue weighted by molar-refractivity contribution is -0.138. The topological polar surface area (TPSA) is 54.5 Å². The van der Waals surface area contributed by atoms with Crippen LogP contribution in [-0.2, 0) is 9.53 Å². The van der Waals surface area contributed by atoms with Gasteiger partial charge in [-0.1, -0.05) is 37.3 Å². The molecule has 1 saturated heterocycles. The lowest BCUT2D eigenvalue weighted by Crippen LogP contribution is -2.50. The first-order chi connectivity index (χ1) is 11.8. The molecule has 126 valence electrons. The number of ether oxygens (including phenoxy) is 1. The Hall–Kier alpha value is -2.24. The summed E-state index contributed by atoms with van der Waals surface area (Å²) in [6, 6.07) is 13.6. The van der Waals surface area contributed by atoms with Gasteiger partial charge in [0.2, 0.25) is 0 Å². The summed E-state index contributed by atoms with van der Waals surface area (Å²) in [4.78, 5) is 19.0. The molecule has 1 aliphatic heterocycles. The first kappa shape index (κ1) is 16.6. The predicted octanol–water partition coefficient (Wildman–Crippen LogP) is 2.01. The second-order valence-electron chi connectivity index (χ2n) is 5.89. The van der Waals surface area contributed by atoms with Crippen molar-refractivity contribution in [2.24, 2.45) is 0 Å². The number of hydrogen-bond donors (Lipinski definition) is 1. The van der Waals surface area contributed by atoms with Gasteiger partial charge in [-0.2, -0.15) is 0 Å². The highest BCUT2D eigenvalue weighted by atomic mass is 16.5. The summed E-state index contributed by atoms with van der Waals surface area (Å²) in [6.45, 7) is 5.15. The highest BCUT2D eigenvalue weighted by Gasteiger charge is 2.28. The van der Waals surface area contributed by atoms with Crippen molar-refractivity contribution in [3.8, 4) is 0 Å². The summed E-state index contributed by atoms with van der Waals surface area (Å²) in [5.74, 6) is -0.0705. The maximum Gasteiger partial charge on any atom is 0.251 e.